The van der Waals surface area contributed by atoms with Crippen molar-refractivity contribution >= 4 is 16.0 Å². The van der Waals surface area contributed by atoms with Crippen molar-refractivity contribution < 1.29 is 17.9 Å². The number of nitrogens with one attached hydrogen (secondary N) is 1. The van der Waals surface area contributed by atoms with Gasteiger partial charge < -0.3 is 10.5 Å². The fraction of sp³-hybridized carbons (Fsp3) is 0.923. The Morgan fingerprint density at radius 1 is 1.45 bits per heavy atom. The number of hydrogen-bond donors (Lipinski definition) is 2. The van der Waals surface area contributed by atoms with Crippen LogP contribution < -0.4 is 10.5 Å². The van der Waals surface area contributed by atoms with Crippen molar-refractivity contribution in [3.05, 3.63) is 0 Å². The summed E-state index contributed by atoms with van der Waals surface area (Å²) in [6.07, 6.45) is 4.25. The number of nitrogens with two attached hydrogens (primary N) is 1. The summed E-state index contributed by atoms with van der Waals surface area (Å²) < 4.78 is 31.6. The zero-order valence-corrected chi connectivity index (χ0v) is 13.2. The average Bonchev–Trinajstić information content (AvgIpc) is 2.40. The number of hydrogen-bond acceptors (Lipinski definition) is 5. The van der Waals surface area contributed by atoms with Crippen LogP contribution in [0.3, 0.4) is 0 Å². The molecule has 0 radical (unpaired) electrons. The van der Waals surface area contributed by atoms with Gasteiger partial charge in [-0.3, -0.25) is 4.79 Å². The van der Waals surface area contributed by atoms with Gasteiger partial charge in [0.05, 0.1) is 12.9 Å². The van der Waals surface area contributed by atoms with Crippen LogP contribution in [0.25, 0.3) is 0 Å². The molecule has 3 N–H and O–H groups in total. The Bertz CT molecular complexity index is 424. The van der Waals surface area contributed by atoms with Gasteiger partial charge in [-0.1, -0.05) is 19.8 Å². The molecule has 0 amide bonds. The van der Waals surface area contributed by atoms with Crippen molar-refractivity contribution in [3.8, 4) is 0 Å². The van der Waals surface area contributed by atoms with Gasteiger partial charge in [-0.05, 0) is 25.2 Å². The Hall–Kier alpha value is -0.660. The van der Waals surface area contributed by atoms with Crippen LogP contribution in [-0.4, -0.2) is 39.3 Å². The molecule has 20 heavy (non-hydrogen) atoms. The lowest BCUT2D eigenvalue weighted by Gasteiger charge is -2.42. The normalized spacial score (nSPS) is 27.2. The van der Waals surface area contributed by atoms with Gasteiger partial charge in [0.1, 0.15) is 0 Å². The number of sulfonamides is 1. The monoisotopic (exact) mass is 306 g/mol. The van der Waals surface area contributed by atoms with Crippen molar-refractivity contribution in [1.82, 2.24) is 4.72 Å². The van der Waals surface area contributed by atoms with E-state index in [1.165, 1.54) is 7.11 Å². The number of carbonyl (C=O) groups excluding carboxylic acids is 1. The zero-order chi connectivity index (χ0) is 15.2. The molecule has 0 aromatic heterocycles. The second-order valence-electron chi connectivity index (χ2n) is 5.61. The van der Waals surface area contributed by atoms with E-state index in [1.807, 2.05) is 6.92 Å². The van der Waals surface area contributed by atoms with E-state index in [-0.39, 0.29) is 30.5 Å². The first kappa shape index (κ1) is 17.4. The molecule has 1 aliphatic carbocycles. The number of methoxy groups -OCH3 is 1. The summed E-state index contributed by atoms with van der Waals surface area (Å²) in [5, 5.41) is 0. The summed E-state index contributed by atoms with van der Waals surface area (Å²) in [7, 11) is -2.13. The summed E-state index contributed by atoms with van der Waals surface area (Å²) in [6.45, 7) is 2.35. The molecule has 6 nitrogen and oxygen atoms in total. The largest absolute Gasteiger partial charge is 0.469 e. The van der Waals surface area contributed by atoms with Gasteiger partial charge in [-0.15, -0.1) is 0 Å². The first-order valence-corrected chi connectivity index (χ1v) is 8.79. The molecular formula is C13H26N2O4S. The molecule has 1 rings (SSSR count). The number of ether oxygens (including phenoxy) is 1. The third-order valence-electron chi connectivity index (χ3n) is 4.20. The van der Waals surface area contributed by atoms with E-state index in [1.54, 1.807) is 0 Å². The molecule has 1 fully saturated rings. The Morgan fingerprint density at radius 2 is 2.15 bits per heavy atom. The van der Waals surface area contributed by atoms with Crippen LogP contribution in [-0.2, 0) is 19.6 Å². The van der Waals surface area contributed by atoms with Crippen molar-refractivity contribution in [1.29, 1.82) is 0 Å². The van der Waals surface area contributed by atoms with Crippen LogP contribution in [0, 0.1) is 5.92 Å². The highest BCUT2D eigenvalue weighted by molar-refractivity contribution is 7.89. The molecule has 0 spiro atoms. The maximum absolute atomic E-state index is 12.2. The maximum atomic E-state index is 12.2. The van der Waals surface area contributed by atoms with Crippen LogP contribution >= 0.6 is 0 Å². The van der Waals surface area contributed by atoms with Crippen molar-refractivity contribution in [3.63, 3.8) is 0 Å². The molecule has 1 aliphatic rings. The molecule has 0 bridgehead atoms. The van der Waals surface area contributed by atoms with E-state index in [0.717, 1.165) is 25.7 Å². The third kappa shape index (κ3) is 4.71. The standard InChI is InChI=1S/C13H26N2O4S/c1-11-6-3-4-8-13(11,10-14)15-20(17,18)9-5-7-12(16)19-2/h11,15H,3-10,14H2,1-2H3. The molecule has 0 aromatic carbocycles. The fourth-order valence-corrected chi connectivity index (χ4v) is 4.41. The third-order valence-corrected chi connectivity index (χ3v) is 5.74. The Balaban J connectivity index is 2.61. The minimum absolute atomic E-state index is 0.0728. The van der Waals surface area contributed by atoms with E-state index in [4.69, 9.17) is 5.73 Å². The smallest absolute Gasteiger partial charge is 0.305 e. The maximum Gasteiger partial charge on any atom is 0.305 e. The first-order valence-electron chi connectivity index (χ1n) is 7.14. The van der Waals surface area contributed by atoms with E-state index in [0.29, 0.717) is 6.54 Å². The number of carbonyl (C=O) groups is 1. The summed E-state index contributed by atoms with van der Waals surface area (Å²) in [4.78, 5) is 11.0. The molecule has 0 saturated heterocycles. The first-order chi connectivity index (χ1) is 9.35. The lowest BCUT2D eigenvalue weighted by atomic mass is 9.74. The highest BCUT2D eigenvalue weighted by Crippen LogP contribution is 2.33. The van der Waals surface area contributed by atoms with Crippen molar-refractivity contribution in [2.45, 2.75) is 51.0 Å². The van der Waals surface area contributed by atoms with Crippen molar-refractivity contribution in [2.24, 2.45) is 11.7 Å². The van der Waals surface area contributed by atoms with Crippen LogP contribution in [0.4, 0.5) is 0 Å². The number of esters is 1. The highest BCUT2D eigenvalue weighted by Gasteiger charge is 2.39. The predicted molar refractivity (Wildman–Crippen MR) is 77.6 cm³/mol. The highest BCUT2D eigenvalue weighted by atomic mass is 32.2. The van der Waals surface area contributed by atoms with E-state index < -0.39 is 15.6 Å². The molecule has 2 atom stereocenters. The van der Waals surface area contributed by atoms with Gasteiger partial charge >= 0.3 is 5.97 Å². The Morgan fingerprint density at radius 3 is 2.70 bits per heavy atom. The molecule has 118 valence electrons. The topological polar surface area (TPSA) is 98.5 Å². The van der Waals surface area contributed by atoms with Gasteiger partial charge in [0, 0.05) is 18.5 Å². The Labute approximate surface area is 121 Å². The molecule has 0 aromatic rings. The molecule has 2 unspecified atom stereocenters. The van der Waals surface area contributed by atoms with Gasteiger partial charge in [0.2, 0.25) is 10.0 Å². The molecular weight excluding hydrogens is 280 g/mol. The molecule has 0 heterocycles. The van der Waals surface area contributed by atoms with E-state index >= 15 is 0 Å². The van der Waals surface area contributed by atoms with Crippen LogP contribution in [0.1, 0.15) is 45.4 Å². The second kappa shape index (κ2) is 7.38. The minimum atomic E-state index is -3.43. The van der Waals surface area contributed by atoms with Gasteiger partial charge in [-0.25, -0.2) is 13.1 Å². The fourth-order valence-electron chi connectivity index (χ4n) is 2.78. The summed E-state index contributed by atoms with van der Waals surface area (Å²) >= 11 is 0. The predicted octanol–water partition coefficient (Wildman–Crippen LogP) is 0.767. The van der Waals surface area contributed by atoms with Crippen LogP contribution in [0.5, 0.6) is 0 Å². The van der Waals surface area contributed by atoms with Crippen LogP contribution in [0.2, 0.25) is 0 Å². The van der Waals surface area contributed by atoms with Crippen LogP contribution in [0.15, 0.2) is 0 Å². The zero-order valence-electron chi connectivity index (χ0n) is 12.4. The van der Waals surface area contributed by atoms with Gasteiger partial charge in [-0.2, -0.15) is 0 Å². The van der Waals surface area contributed by atoms with Gasteiger partial charge in [0.25, 0.3) is 0 Å². The second-order valence-corrected chi connectivity index (χ2v) is 7.45. The summed E-state index contributed by atoms with van der Waals surface area (Å²) in [5.74, 6) is -0.229. The SMILES string of the molecule is COC(=O)CCCS(=O)(=O)NC1(CN)CCCCC1C. The molecule has 0 aliphatic heterocycles. The van der Waals surface area contributed by atoms with Gasteiger partial charge in [0.15, 0.2) is 0 Å². The molecule has 1 saturated carbocycles. The Kier molecular flexibility index (Phi) is 6.42. The number of rotatable bonds is 7. The van der Waals surface area contributed by atoms with E-state index in [2.05, 4.69) is 9.46 Å². The summed E-state index contributed by atoms with van der Waals surface area (Å²) in [5.41, 5.74) is 5.31. The lowest BCUT2D eigenvalue weighted by Crippen LogP contribution is -2.59. The lowest BCUT2D eigenvalue weighted by molar-refractivity contribution is -0.140. The van der Waals surface area contributed by atoms with Crippen molar-refractivity contribution in [2.75, 3.05) is 19.4 Å². The summed E-state index contributed by atoms with van der Waals surface area (Å²) in [6, 6.07) is 0. The van der Waals surface area contributed by atoms with E-state index in [9.17, 15) is 13.2 Å². The minimum Gasteiger partial charge on any atom is -0.469 e. The average molecular weight is 306 g/mol. The quantitative estimate of drug-likeness (QED) is 0.677. The molecule has 7 heteroatoms.